The first-order valence-corrected chi connectivity index (χ1v) is 12.9. The first-order valence-electron chi connectivity index (χ1n) is 12.9. The number of nitrogens with one attached hydrogen (secondary N) is 2. The second-order valence-electron chi connectivity index (χ2n) is 10.0. The van der Waals surface area contributed by atoms with Crippen molar-refractivity contribution in [3.63, 3.8) is 0 Å². The minimum absolute atomic E-state index is 0.0638. The first-order chi connectivity index (χ1) is 19.1. The number of amides is 1. The van der Waals surface area contributed by atoms with Crippen molar-refractivity contribution in [3.05, 3.63) is 83.7 Å². The Hall–Kier alpha value is -4.41. The van der Waals surface area contributed by atoms with Gasteiger partial charge in [0.25, 0.3) is 5.91 Å². The lowest BCUT2D eigenvalue weighted by atomic mass is 9.99. The molecule has 3 N–H and O–H groups in total. The van der Waals surface area contributed by atoms with Crippen LogP contribution in [0, 0.1) is 5.82 Å². The molecule has 2 fully saturated rings. The SMILES string of the molecule is O=C(Nc1nccc(-c2ccnc3[nH]c(-c4cnn(C5COC5)c4)cc23)c1CO)c1ccc(C2CC2)cc1F. The number of fused-ring (bicyclic) bond motifs is 1. The predicted molar refractivity (Wildman–Crippen MR) is 143 cm³/mol. The summed E-state index contributed by atoms with van der Waals surface area (Å²) in [4.78, 5) is 25.1. The topological polar surface area (TPSA) is 118 Å². The van der Waals surface area contributed by atoms with Crippen LogP contribution in [-0.2, 0) is 11.3 Å². The third-order valence-corrected chi connectivity index (χ3v) is 7.46. The van der Waals surface area contributed by atoms with Gasteiger partial charge in [-0.2, -0.15) is 5.10 Å². The number of halogens is 1. The molecule has 5 heterocycles. The number of carbonyl (C=O) groups excluding carboxylic acids is 1. The maximum Gasteiger partial charge on any atom is 0.259 e. The molecule has 1 aliphatic heterocycles. The number of aromatic amines is 1. The fourth-order valence-corrected chi connectivity index (χ4v) is 5.04. The number of hydrogen-bond donors (Lipinski definition) is 3. The van der Waals surface area contributed by atoms with Gasteiger partial charge in [-0.1, -0.05) is 6.07 Å². The number of benzene rings is 1. The van der Waals surface area contributed by atoms with Gasteiger partial charge in [0.15, 0.2) is 0 Å². The quantitative estimate of drug-likeness (QED) is 0.281. The summed E-state index contributed by atoms with van der Waals surface area (Å²) < 4.78 is 21.9. The fourth-order valence-electron chi connectivity index (χ4n) is 5.04. The van der Waals surface area contributed by atoms with Gasteiger partial charge in [-0.3, -0.25) is 9.48 Å². The molecule has 0 atom stereocenters. The maximum absolute atomic E-state index is 14.8. The highest BCUT2D eigenvalue weighted by Crippen LogP contribution is 2.40. The summed E-state index contributed by atoms with van der Waals surface area (Å²) in [5, 5.41) is 18.3. The number of nitrogens with zero attached hydrogens (tertiary/aromatic N) is 4. The van der Waals surface area contributed by atoms with E-state index >= 15 is 0 Å². The molecule has 0 unspecified atom stereocenters. The number of hydrogen-bond acceptors (Lipinski definition) is 6. The minimum Gasteiger partial charge on any atom is -0.392 e. The van der Waals surface area contributed by atoms with Crippen molar-refractivity contribution in [1.82, 2.24) is 24.7 Å². The molecule has 5 aromatic rings. The second-order valence-corrected chi connectivity index (χ2v) is 10.0. The van der Waals surface area contributed by atoms with Crippen molar-refractivity contribution in [2.45, 2.75) is 31.4 Å². The third kappa shape index (κ3) is 4.27. The van der Waals surface area contributed by atoms with Gasteiger partial charge in [-0.05, 0) is 65.8 Å². The molecule has 1 aliphatic carbocycles. The number of anilines is 1. The van der Waals surface area contributed by atoms with Gasteiger partial charge in [0.2, 0.25) is 0 Å². The molecule has 39 heavy (non-hydrogen) atoms. The molecule has 0 radical (unpaired) electrons. The molecule has 0 bridgehead atoms. The van der Waals surface area contributed by atoms with E-state index in [1.54, 1.807) is 30.7 Å². The third-order valence-electron chi connectivity index (χ3n) is 7.46. The Balaban J connectivity index is 1.22. The van der Waals surface area contributed by atoms with Gasteiger partial charge in [0.05, 0.1) is 43.3 Å². The van der Waals surface area contributed by atoms with Crippen LogP contribution in [0.1, 0.15) is 46.3 Å². The van der Waals surface area contributed by atoms with E-state index in [2.05, 4.69) is 25.4 Å². The number of aromatic nitrogens is 5. The van der Waals surface area contributed by atoms with Gasteiger partial charge < -0.3 is 20.1 Å². The summed E-state index contributed by atoms with van der Waals surface area (Å²) in [6.07, 6.45) is 9.12. The lowest BCUT2D eigenvalue weighted by Gasteiger charge is -2.25. The molecule has 9 nitrogen and oxygen atoms in total. The summed E-state index contributed by atoms with van der Waals surface area (Å²) in [6, 6.07) is 10.6. The Morgan fingerprint density at radius 2 is 1.95 bits per heavy atom. The average Bonchev–Trinajstić information content (AvgIpc) is 3.49. The molecular weight excluding hydrogens is 499 g/mol. The Morgan fingerprint density at radius 1 is 1.13 bits per heavy atom. The van der Waals surface area contributed by atoms with Crippen molar-refractivity contribution >= 4 is 22.8 Å². The summed E-state index contributed by atoms with van der Waals surface area (Å²) in [5.74, 6) is -0.625. The van der Waals surface area contributed by atoms with Crippen molar-refractivity contribution in [2.75, 3.05) is 18.5 Å². The van der Waals surface area contributed by atoms with Gasteiger partial charge in [0, 0.05) is 35.1 Å². The van der Waals surface area contributed by atoms with E-state index in [4.69, 9.17) is 4.74 Å². The van der Waals surface area contributed by atoms with Crippen LogP contribution in [0.2, 0.25) is 0 Å². The van der Waals surface area contributed by atoms with Gasteiger partial charge in [0.1, 0.15) is 17.3 Å². The largest absolute Gasteiger partial charge is 0.392 e. The predicted octanol–water partition coefficient (Wildman–Crippen LogP) is 4.82. The molecule has 7 rings (SSSR count). The van der Waals surface area contributed by atoms with Gasteiger partial charge >= 0.3 is 0 Å². The zero-order valence-corrected chi connectivity index (χ0v) is 20.9. The number of aliphatic hydroxyl groups is 1. The number of rotatable bonds is 7. The number of ether oxygens (including phenoxy) is 1. The smallest absolute Gasteiger partial charge is 0.259 e. The number of pyridine rings is 2. The van der Waals surface area contributed by atoms with E-state index in [1.807, 2.05) is 23.0 Å². The number of carbonyl (C=O) groups is 1. The number of aliphatic hydroxyl groups excluding tert-OH is 1. The minimum atomic E-state index is -0.619. The molecule has 4 aromatic heterocycles. The highest BCUT2D eigenvalue weighted by atomic mass is 19.1. The zero-order valence-electron chi connectivity index (χ0n) is 20.9. The van der Waals surface area contributed by atoms with E-state index < -0.39 is 11.7 Å². The molecule has 196 valence electrons. The van der Waals surface area contributed by atoms with Crippen LogP contribution in [0.15, 0.2) is 61.2 Å². The van der Waals surface area contributed by atoms with E-state index in [1.165, 1.54) is 12.1 Å². The fraction of sp³-hybridized carbons (Fsp3) is 0.241. The van der Waals surface area contributed by atoms with Crippen LogP contribution in [0.25, 0.3) is 33.4 Å². The summed E-state index contributed by atoms with van der Waals surface area (Å²) in [5.41, 5.74) is 5.22. The summed E-state index contributed by atoms with van der Waals surface area (Å²) in [6.45, 7) is 0.935. The molecule has 0 spiro atoms. The lowest BCUT2D eigenvalue weighted by Crippen LogP contribution is -2.30. The van der Waals surface area contributed by atoms with Crippen LogP contribution in [0.5, 0.6) is 0 Å². The molecule has 1 saturated heterocycles. The van der Waals surface area contributed by atoms with Crippen LogP contribution >= 0.6 is 0 Å². The van der Waals surface area contributed by atoms with Crippen LogP contribution < -0.4 is 5.32 Å². The van der Waals surface area contributed by atoms with Gasteiger partial charge in [-0.25, -0.2) is 14.4 Å². The zero-order chi connectivity index (χ0) is 26.5. The van der Waals surface area contributed by atoms with Crippen molar-refractivity contribution < 1.29 is 19.0 Å². The lowest BCUT2D eigenvalue weighted by molar-refractivity contribution is -0.0286. The Kier molecular flexibility index (Phi) is 5.71. The standard InChI is InChI=1S/C29H25FN6O3/c30-25-9-17(16-1-2-16)3-4-22(25)29(38)35-28-24(13-37)21(6-8-32-28)20-5-7-31-27-23(20)10-26(34-27)18-11-33-36(12-18)19-14-39-15-19/h3-12,16,19,37H,1-2,13-15H2,(H,31,34)(H,32,35,38). The normalized spacial score (nSPS) is 15.4. The second kappa shape index (κ2) is 9.40. The van der Waals surface area contributed by atoms with E-state index in [0.29, 0.717) is 35.9 Å². The molecular formula is C29H25FN6O3. The first kappa shape index (κ1) is 23.7. The molecule has 1 saturated carbocycles. The Labute approximate surface area is 222 Å². The van der Waals surface area contributed by atoms with Crippen molar-refractivity contribution in [1.29, 1.82) is 0 Å². The Bertz CT molecular complexity index is 1720. The van der Waals surface area contributed by atoms with E-state index in [9.17, 15) is 14.3 Å². The van der Waals surface area contributed by atoms with E-state index in [-0.39, 0.29) is 24.0 Å². The summed E-state index contributed by atoms with van der Waals surface area (Å²) >= 11 is 0. The molecule has 2 aliphatic rings. The van der Waals surface area contributed by atoms with Crippen LogP contribution in [-0.4, -0.2) is 49.0 Å². The number of H-pyrrole nitrogens is 1. The molecule has 1 amide bonds. The van der Waals surface area contributed by atoms with Gasteiger partial charge in [-0.15, -0.1) is 0 Å². The van der Waals surface area contributed by atoms with Crippen LogP contribution in [0.3, 0.4) is 0 Å². The van der Waals surface area contributed by atoms with Crippen molar-refractivity contribution in [2.24, 2.45) is 0 Å². The molecule has 1 aromatic carbocycles. The summed E-state index contributed by atoms with van der Waals surface area (Å²) in [7, 11) is 0. The monoisotopic (exact) mass is 524 g/mol. The molecule has 10 heteroatoms. The Morgan fingerprint density at radius 3 is 2.69 bits per heavy atom. The van der Waals surface area contributed by atoms with Crippen LogP contribution in [0.4, 0.5) is 10.2 Å². The van der Waals surface area contributed by atoms with Crippen molar-refractivity contribution in [3.8, 4) is 22.4 Å². The highest BCUT2D eigenvalue weighted by molar-refractivity contribution is 6.05. The maximum atomic E-state index is 14.8. The highest BCUT2D eigenvalue weighted by Gasteiger charge is 2.26. The van der Waals surface area contributed by atoms with E-state index in [0.717, 1.165) is 40.6 Å². The average molecular weight is 525 g/mol.